The van der Waals surface area contributed by atoms with Crippen LogP contribution in [0.2, 0.25) is 0 Å². The van der Waals surface area contributed by atoms with Crippen molar-refractivity contribution in [3.63, 3.8) is 0 Å². The highest BCUT2D eigenvalue weighted by molar-refractivity contribution is 5.97. The first-order valence-corrected chi connectivity index (χ1v) is 12.6. The molecule has 4 nitrogen and oxygen atoms in total. The molecule has 7 rings (SSSR count). The summed E-state index contributed by atoms with van der Waals surface area (Å²) in [5, 5.41) is 4.53. The zero-order valence-electron chi connectivity index (χ0n) is 20.5. The highest BCUT2D eigenvalue weighted by Gasteiger charge is 2.16. The van der Waals surface area contributed by atoms with Crippen LogP contribution in [-0.4, -0.2) is 19.9 Å². The largest absolute Gasteiger partial charge is 0.265 e. The zero-order chi connectivity index (χ0) is 25.3. The molecule has 0 amide bonds. The van der Waals surface area contributed by atoms with Gasteiger partial charge < -0.3 is 0 Å². The number of hydrogen-bond donors (Lipinski definition) is 0. The molecule has 2 aromatic heterocycles. The lowest BCUT2D eigenvalue weighted by Crippen LogP contribution is -2.01. The molecular formula is C34H22N4. The third-order valence-electron chi connectivity index (χ3n) is 6.83. The Bertz CT molecular complexity index is 1820. The van der Waals surface area contributed by atoms with Gasteiger partial charge in [-0.25, -0.2) is 15.0 Å². The molecule has 0 radical (unpaired) electrons. The summed E-state index contributed by atoms with van der Waals surface area (Å²) >= 11 is 0. The van der Waals surface area contributed by atoms with Crippen molar-refractivity contribution in [1.29, 1.82) is 0 Å². The number of nitrogens with zero attached hydrogens (tertiary/aromatic N) is 4. The molecule has 4 heteroatoms. The Balaban J connectivity index is 1.48. The van der Waals surface area contributed by atoms with E-state index in [2.05, 4.69) is 108 Å². The second kappa shape index (κ2) is 9.34. The van der Waals surface area contributed by atoms with Crippen molar-refractivity contribution in [3.8, 4) is 45.3 Å². The summed E-state index contributed by atoms with van der Waals surface area (Å²) < 4.78 is 0. The minimum atomic E-state index is 0.641. The third kappa shape index (κ3) is 3.98. The average molecular weight is 487 g/mol. The molecular weight excluding hydrogens is 464 g/mol. The molecule has 0 aliphatic rings. The molecule has 0 saturated carbocycles. The SMILES string of the molecule is c1cc(-c2ccncc2)cc(-c2nc(-c3cccc4ccccc34)nc(-c3cccc4ccccc34)n2)c1. The lowest BCUT2D eigenvalue weighted by Gasteiger charge is -2.12. The molecule has 0 aliphatic heterocycles. The summed E-state index contributed by atoms with van der Waals surface area (Å²) in [5.41, 5.74) is 5.09. The Morgan fingerprint density at radius 1 is 0.368 bits per heavy atom. The van der Waals surface area contributed by atoms with Gasteiger partial charge in [-0.2, -0.15) is 0 Å². The smallest absolute Gasteiger partial charge is 0.164 e. The first-order valence-electron chi connectivity index (χ1n) is 12.6. The first kappa shape index (κ1) is 22.0. The van der Waals surface area contributed by atoms with Gasteiger partial charge in [0.15, 0.2) is 17.5 Å². The van der Waals surface area contributed by atoms with Gasteiger partial charge in [0.2, 0.25) is 0 Å². The second-order valence-corrected chi connectivity index (χ2v) is 9.18. The van der Waals surface area contributed by atoms with Crippen LogP contribution in [0.3, 0.4) is 0 Å². The molecule has 0 fully saturated rings. The van der Waals surface area contributed by atoms with Gasteiger partial charge >= 0.3 is 0 Å². The maximum Gasteiger partial charge on any atom is 0.164 e. The van der Waals surface area contributed by atoms with Crippen molar-refractivity contribution in [2.45, 2.75) is 0 Å². The van der Waals surface area contributed by atoms with E-state index in [4.69, 9.17) is 15.0 Å². The molecule has 0 atom stereocenters. The fraction of sp³-hybridized carbons (Fsp3) is 0. The van der Waals surface area contributed by atoms with Crippen LogP contribution in [-0.2, 0) is 0 Å². The van der Waals surface area contributed by atoms with E-state index in [-0.39, 0.29) is 0 Å². The summed E-state index contributed by atoms with van der Waals surface area (Å²) in [6.07, 6.45) is 3.62. The Hall–Kier alpha value is -5.22. The average Bonchev–Trinajstić information content (AvgIpc) is 3.01. The highest BCUT2D eigenvalue weighted by Crippen LogP contribution is 2.33. The molecule has 38 heavy (non-hydrogen) atoms. The van der Waals surface area contributed by atoms with Crippen LogP contribution in [0, 0.1) is 0 Å². The van der Waals surface area contributed by atoms with E-state index >= 15 is 0 Å². The van der Waals surface area contributed by atoms with Gasteiger partial charge in [0.1, 0.15) is 0 Å². The molecule has 5 aromatic carbocycles. The van der Waals surface area contributed by atoms with Crippen molar-refractivity contribution < 1.29 is 0 Å². The van der Waals surface area contributed by atoms with Crippen LogP contribution >= 0.6 is 0 Å². The summed E-state index contributed by atoms with van der Waals surface area (Å²) in [5.74, 6) is 1.95. The maximum absolute atomic E-state index is 5.05. The van der Waals surface area contributed by atoms with Crippen molar-refractivity contribution in [1.82, 2.24) is 19.9 Å². The maximum atomic E-state index is 5.05. The predicted octanol–water partition coefficient (Wildman–Crippen LogP) is 8.24. The van der Waals surface area contributed by atoms with Gasteiger partial charge in [-0.1, -0.05) is 103 Å². The zero-order valence-corrected chi connectivity index (χ0v) is 20.5. The first-order chi connectivity index (χ1) is 18.8. The van der Waals surface area contributed by atoms with E-state index in [1.807, 2.05) is 30.6 Å². The van der Waals surface area contributed by atoms with Crippen molar-refractivity contribution in [3.05, 3.63) is 134 Å². The predicted molar refractivity (Wildman–Crippen MR) is 154 cm³/mol. The van der Waals surface area contributed by atoms with Crippen LogP contribution in [0.15, 0.2) is 134 Å². The third-order valence-corrected chi connectivity index (χ3v) is 6.83. The fourth-order valence-corrected chi connectivity index (χ4v) is 4.97. The number of aromatic nitrogens is 4. The summed E-state index contributed by atoms with van der Waals surface area (Å²) in [6, 6.07) is 41.5. The molecule has 7 aromatic rings. The standard InChI is InChI=1S/C34H22N4/c1-3-14-28-24(8-1)10-6-16-30(28)33-36-32(27-13-5-12-26(22-27)23-18-20-35-21-19-23)37-34(38-33)31-17-7-11-25-9-2-4-15-29(25)31/h1-22H. The van der Waals surface area contributed by atoms with Gasteiger partial charge in [-0.15, -0.1) is 0 Å². The second-order valence-electron chi connectivity index (χ2n) is 9.18. The van der Waals surface area contributed by atoms with E-state index < -0.39 is 0 Å². The Kier molecular flexibility index (Phi) is 5.41. The van der Waals surface area contributed by atoms with Crippen molar-refractivity contribution >= 4 is 21.5 Å². The lowest BCUT2D eigenvalue weighted by molar-refractivity contribution is 1.08. The monoisotopic (exact) mass is 486 g/mol. The Labute approximate surface area is 220 Å². The van der Waals surface area contributed by atoms with E-state index in [0.717, 1.165) is 49.4 Å². The van der Waals surface area contributed by atoms with Gasteiger partial charge in [0.25, 0.3) is 0 Å². The molecule has 0 bridgehead atoms. The van der Waals surface area contributed by atoms with E-state index in [1.165, 1.54) is 0 Å². The fourth-order valence-electron chi connectivity index (χ4n) is 4.97. The number of hydrogen-bond acceptors (Lipinski definition) is 4. The minimum Gasteiger partial charge on any atom is -0.265 e. The summed E-state index contributed by atoms with van der Waals surface area (Å²) in [6.45, 7) is 0. The van der Waals surface area contributed by atoms with Crippen LogP contribution < -0.4 is 0 Å². The Morgan fingerprint density at radius 2 is 0.868 bits per heavy atom. The van der Waals surface area contributed by atoms with Gasteiger partial charge in [-0.05, 0) is 50.9 Å². The molecule has 178 valence electrons. The van der Waals surface area contributed by atoms with Crippen LogP contribution in [0.25, 0.3) is 66.8 Å². The molecule has 2 heterocycles. The molecule has 0 saturated heterocycles. The normalized spacial score (nSPS) is 11.2. The molecule has 0 N–H and O–H groups in total. The number of fused-ring (bicyclic) bond motifs is 2. The lowest BCUT2D eigenvalue weighted by atomic mass is 10.0. The van der Waals surface area contributed by atoms with Crippen LogP contribution in [0.5, 0.6) is 0 Å². The van der Waals surface area contributed by atoms with Crippen LogP contribution in [0.1, 0.15) is 0 Å². The van der Waals surface area contributed by atoms with E-state index in [9.17, 15) is 0 Å². The summed E-state index contributed by atoms with van der Waals surface area (Å²) in [7, 11) is 0. The number of benzene rings is 5. The highest BCUT2D eigenvalue weighted by atomic mass is 15.0. The number of pyridine rings is 1. The van der Waals surface area contributed by atoms with Gasteiger partial charge in [-0.3, -0.25) is 4.98 Å². The topological polar surface area (TPSA) is 51.6 Å². The van der Waals surface area contributed by atoms with Crippen molar-refractivity contribution in [2.24, 2.45) is 0 Å². The van der Waals surface area contributed by atoms with E-state index in [1.54, 1.807) is 0 Å². The Morgan fingerprint density at radius 3 is 1.50 bits per heavy atom. The van der Waals surface area contributed by atoms with E-state index in [0.29, 0.717) is 17.5 Å². The molecule has 0 spiro atoms. The van der Waals surface area contributed by atoms with Gasteiger partial charge in [0.05, 0.1) is 0 Å². The van der Waals surface area contributed by atoms with Crippen molar-refractivity contribution in [2.75, 3.05) is 0 Å². The quantitative estimate of drug-likeness (QED) is 0.251. The van der Waals surface area contributed by atoms with Crippen LogP contribution in [0.4, 0.5) is 0 Å². The molecule has 0 unspecified atom stereocenters. The number of rotatable bonds is 4. The summed E-state index contributed by atoms with van der Waals surface area (Å²) in [4.78, 5) is 19.3. The van der Waals surface area contributed by atoms with Gasteiger partial charge in [0, 0.05) is 29.1 Å². The molecule has 0 aliphatic carbocycles. The minimum absolute atomic E-state index is 0.641.